The van der Waals surface area contributed by atoms with Crippen LogP contribution in [0.2, 0.25) is 0 Å². The summed E-state index contributed by atoms with van der Waals surface area (Å²) in [6.45, 7) is 1.56. The second-order valence-corrected chi connectivity index (χ2v) is 7.79. The Labute approximate surface area is 175 Å². The van der Waals surface area contributed by atoms with E-state index >= 15 is 0 Å². The van der Waals surface area contributed by atoms with Crippen molar-refractivity contribution in [3.05, 3.63) is 35.4 Å². The van der Waals surface area contributed by atoms with E-state index in [0.717, 1.165) is 24.2 Å². The molecule has 0 radical (unpaired) electrons. The first-order valence-corrected chi connectivity index (χ1v) is 10.2. The van der Waals surface area contributed by atoms with Crippen molar-refractivity contribution in [2.45, 2.75) is 63.5 Å². The minimum atomic E-state index is -1.02. The third kappa shape index (κ3) is 4.51. The van der Waals surface area contributed by atoms with E-state index in [9.17, 15) is 24.4 Å². The smallest absolute Gasteiger partial charge is 0.306 e. The molecule has 0 unspecified atom stereocenters. The Hall–Kier alpha value is -3.21. The van der Waals surface area contributed by atoms with Gasteiger partial charge in [-0.05, 0) is 38.3 Å². The number of hydrogen-bond acceptors (Lipinski definition) is 6. The first-order valence-electron chi connectivity index (χ1n) is 10.2. The van der Waals surface area contributed by atoms with Gasteiger partial charge in [-0.15, -0.1) is 0 Å². The lowest BCUT2D eigenvalue weighted by atomic mass is 9.83. The minimum absolute atomic E-state index is 0.0333. The van der Waals surface area contributed by atoms with Crippen molar-refractivity contribution >= 4 is 23.7 Å². The summed E-state index contributed by atoms with van der Waals surface area (Å²) in [6, 6.07) is 8.79. The molecular formula is C22H25N3O5. The van der Waals surface area contributed by atoms with Crippen LogP contribution in [0, 0.1) is 11.3 Å². The summed E-state index contributed by atoms with van der Waals surface area (Å²) in [5.74, 6) is -1.83. The number of benzene rings is 1. The molecule has 1 aliphatic carbocycles. The highest BCUT2D eigenvalue weighted by atomic mass is 16.5. The molecule has 1 aliphatic heterocycles. The molecule has 1 atom stereocenters. The second-order valence-electron chi connectivity index (χ2n) is 7.79. The van der Waals surface area contributed by atoms with Gasteiger partial charge in [-0.1, -0.05) is 31.4 Å². The van der Waals surface area contributed by atoms with Crippen LogP contribution in [0.5, 0.6) is 0 Å². The van der Waals surface area contributed by atoms with E-state index in [0.29, 0.717) is 24.0 Å². The van der Waals surface area contributed by atoms with Gasteiger partial charge in [-0.2, -0.15) is 5.26 Å². The van der Waals surface area contributed by atoms with Crippen LogP contribution in [-0.4, -0.2) is 46.8 Å². The molecule has 1 heterocycles. The van der Waals surface area contributed by atoms with Crippen LogP contribution in [0.1, 0.15) is 72.6 Å². The Kier molecular flexibility index (Phi) is 6.50. The van der Waals surface area contributed by atoms with Crippen molar-refractivity contribution in [1.82, 2.24) is 10.2 Å². The number of amides is 3. The molecule has 1 N–H and O–H groups in total. The van der Waals surface area contributed by atoms with Crippen LogP contribution in [0.15, 0.2) is 24.3 Å². The van der Waals surface area contributed by atoms with Crippen molar-refractivity contribution in [3.8, 4) is 6.07 Å². The lowest BCUT2D eigenvalue weighted by Crippen LogP contribution is -2.52. The zero-order valence-electron chi connectivity index (χ0n) is 17.0. The lowest BCUT2D eigenvalue weighted by Gasteiger charge is -2.32. The van der Waals surface area contributed by atoms with Gasteiger partial charge in [0.1, 0.15) is 5.54 Å². The summed E-state index contributed by atoms with van der Waals surface area (Å²) in [7, 11) is 0. The molecule has 0 aromatic heterocycles. The highest BCUT2D eigenvalue weighted by molar-refractivity contribution is 6.21. The molecule has 1 saturated carbocycles. The average Bonchev–Trinajstić information content (AvgIpc) is 2.99. The number of carbonyl (C=O) groups is 4. The van der Waals surface area contributed by atoms with Crippen LogP contribution in [0.4, 0.5) is 0 Å². The van der Waals surface area contributed by atoms with E-state index in [1.165, 1.54) is 6.92 Å². The molecule has 0 spiro atoms. The van der Waals surface area contributed by atoms with Gasteiger partial charge in [0, 0.05) is 13.0 Å². The van der Waals surface area contributed by atoms with Gasteiger partial charge < -0.3 is 10.1 Å². The third-order valence-electron chi connectivity index (χ3n) is 5.60. The van der Waals surface area contributed by atoms with Crippen LogP contribution >= 0.6 is 0 Å². The number of imide groups is 1. The Bertz CT molecular complexity index is 863. The maximum atomic E-state index is 12.4. The molecule has 158 valence electrons. The molecule has 3 rings (SSSR count). The van der Waals surface area contributed by atoms with Gasteiger partial charge in [0.2, 0.25) is 0 Å². The summed E-state index contributed by atoms with van der Waals surface area (Å²) < 4.78 is 5.17. The molecule has 8 heteroatoms. The SMILES string of the molecule is C[C@@H](OC(=O)CCCN1C(=O)c2ccccc2C1=O)C(=O)NC1(C#N)CCCCC1. The molecule has 1 fully saturated rings. The topological polar surface area (TPSA) is 117 Å². The summed E-state index contributed by atoms with van der Waals surface area (Å²) in [5, 5.41) is 12.2. The molecule has 0 saturated heterocycles. The Morgan fingerprint density at radius 2 is 1.77 bits per heavy atom. The second kappa shape index (κ2) is 9.08. The fourth-order valence-corrected chi connectivity index (χ4v) is 3.89. The van der Waals surface area contributed by atoms with Crippen molar-refractivity contribution in [3.63, 3.8) is 0 Å². The number of hydrogen-bond donors (Lipinski definition) is 1. The van der Waals surface area contributed by atoms with Gasteiger partial charge in [0.15, 0.2) is 6.10 Å². The zero-order valence-corrected chi connectivity index (χ0v) is 17.0. The summed E-state index contributed by atoms with van der Waals surface area (Å²) in [4.78, 5) is 50.2. The zero-order chi connectivity index (χ0) is 21.7. The van der Waals surface area contributed by atoms with Gasteiger partial charge in [0.05, 0.1) is 17.2 Å². The van der Waals surface area contributed by atoms with Crippen molar-refractivity contribution in [2.75, 3.05) is 6.54 Å². The van der Waals surface area contributed by atoms with Gasteiger partial charge in [-0.3, -0.25) is 24.1 Å². The number of esters is 1. The molecule has 1 aromatic rings. The Balaban J connectivity index is 1.45. The number of nitrogens with one attached hydrogen (secondary N) is 1. The van der Waals surface area contributed by atoms with Gasteiger partial charge in [0.25, 0.3) is 17.7 Å². The van der Waals surface area contributed by atoms with E-state index in [1.54, 1.807) is 24.3 Å². The average molecular weight is 411 g/mol. The van der Waals surface area contributed by atoms with Crippen LogP contribution in [-0.2, 0) is 14.3 Å². The van der Waals surface area contributed by atoms with E-state index in [-0.39, 0.29) is 31.2 Å². The predicted octanol–water partition coefficient (Wildman–Crippen LogP) is 2.34. The maximum absolute atomic E-state index is 12.4. The number of nitriles is 1. The van der Waals surface area contributed by atoms with Crippen molar-refractivity contribution in [2.24, 2.45) is 0 Å². The lowest BCUT2D eigenvalue weighted by molar-refractivity contribution is -0.155. The fourth-order valence-electron chi connectivity index (χ4n) is 3.89. The summed E-state index contributed by atoms with van der Waals surface area (Å²) >= 11 is 0. The molecular weight excluding hydrogens is 386 g/mol. The third-order valence-corrected chi connectivity index (χ3v) is 5.60. The monoisotopic (exact) mass is 411 g/mol. The maximum Gasteiger partial charge on any atom is 0.306 e. The van der Waals surface area contributed by atoms with Crippen molar-refractivity contribution in [1.29, 1.82) is 5.26 Å². The number of fused-ring (bicyclic) bond motifs is 1. The fraction of sp³-hybridized carbons (Fsp3) is 0.500. The molecule has 1 aromatic carbocycles. The largest absolute Gasteiger partial charge is 0.453 e. The number of nitrogens with zero attached hydrogens (tertiary/aromatic N) is 2. The normalized spacial score (nSPS) is 18.3. The van der Waals surface area contributed by atoms with Crippen molar-refractivity contribution < 1.29 is 23.9 Å². The van der Waals surface area contributed by atoms with E-state index in [4.69, 9.17) is 4.74 Å². The number of ether oxygens (including phenoxy) is 1. The standard InChI is InChI=1S/C22H25N3O5/c1-15(19(27)24-22(14-23)11-5-2-6-12-22)30-18(26)10-7-13-25-20(28)16-8-3-4-9-17(16)21(25)29/h3-4,8-9,15H,2,5-7,10-13H2,1H3,(H,24,27)/t15-/m1/s1. The van der Waals surface area contributed by atoms with Crippen LogP contribution in [0.25, 0.3) is 0 Å². The van der Waals surface area contributed by atoms with Gasteiger partial charge in [-0.25, -0.2) is 0 Å². The van der Waals surface area contributed by atoms with Crippen LogP contribution < -0.4 is 5.32 Å². The first-order chi connectivity index (χ1) is 14.4. The first kappa shape index (κ1) is 21.5. The molecule has 30 heavy (non-hydrogen) atoms. The highest BCUT2D eigenvalue weighted by Crippen LogP contribution is 2.27. The van der Waals surface area contributed by atoms with E-state index in [2.05, 4.69) is 11.4 Å². The summed E-state index contributed by atoms with van der Waals surface area (Å²) in [6.07, 6.45) is 3.15. The molecule has 3 amide bonds. The highest BCUT2D eigenvalue weighted by Gasteiger charge is 2.36. The van der Waals surface area contributed by atoms with E-state index < -0.39 is 23.5 Å². The predicted molar refractivity (Wildman–Crippen MR) is 106 cm³/mol. The molecule has 0 bridgehead atoms. The quantitative estimate of drug-likeness (QED) is 0.544. The summed E-state index contributed by atoms with van der Waals surface area (Å²) in [5.41, 5.74) is -0.157. The number of rotatable bonds is 7. The van der Waals surface area contributed by atoms with E-state index in [1.807, 2.05) is 0 Å². The Morgan fingerprint density at radius 3 is 2.33 bits per heavy atom. The molecule has 8 nitrogen and oxygen atoms in total. The van der Waals surface area contributed by atoms with Gasteiger partial charge >= 0.3 is 5.97 Å². The minimum Gasteiger partial charge on any atom is -0.453 e. The Morgan fingerprint density at radius 1 is 1.17 bits per heavy atom. The number of carbonyl (C=O) groups excluding carboxylic acids is 4. The molecule has 2 aliphatic rings. The van der Waals surface area contributed by atoms with Crippen LogP contribution in [0.3, 0.4) is 0 Å².